The summed E-state index contributed by atoms with van der Waals surface area (Å²) in [6, 6.07) is 8.29. The van der Waals surface area contributed by atoms with Crippen LogP contribution >= 0.6 is 0 Å². The molecule has 2 aromatic carbocycles. The minimum Gasteiger partial charge on any atom is -0.506 e. The van der Waals surface area contributed by atoms with Crippen molar-refractivity contribution in [1.82, 2.24) is 20.3 Å². The lowest BCUT2D eigenvalue weighted by Crippen LogP contribution is -2.17. The lowest BCUT2D eigenvalue weighted by atomic mass is 10.1. The number of phenols is 1. The molecule has 0 atom stereocenters. The monoisotopic (exact) mass is 390 g/mol. The molecule has 1 aromatic heterocycles. The molecule has 5 nitrogen and oxygen atoms in total. The van der Waals surface area contributed by atoms with Crippen molar-refractivity contribution in [2.45, 2.75) is 25.9 Å². The number of aromatic nitrogens is 3. The Bertz CT molecular complexity index is 995. The molecule has 0 unspecified atom stereocenters. The van der Waals surface area contributed by atoms with E-state index in [0.717, 1.165) is 49.2 Å². The van der Waals surface area contributed by atoms with Gasteiger partial charge in [-0.25, -0.2) is 0 Å². The fourth-order valence-corrected chi connectivity index (χ4v) is 2.80. The fraction of sp³-hybridized carbons (Fsp3) is 0.300. The number of benzene rings is 2. The van der Waals surface area contributed by atoms with Gasteiger partial charge in [0.15, 0.2) is 0 Å². The number of hydrogen-bond donors (Lipinski definition) is 2. The van der Waals surface area contributed by atoms with Gasteiger partial charge in [-0.1, -0.05) is 18.2 Å². The average molecular weight is 390 g/mol. The molecule has 0 saturated carbocycles. The lowest BCUT2D eigenvalue weighted by Gasteiger charge is -2.08. The van der Waals surface area contributed by atoms with Crippen LogP contribution in [-0.4, -0.2) is 33.2 Å². The zero-order valence-electron chi connectivity index (χ0n) is 15.4. The van der Waals surface area contributed by atoms with Gasteiger partial charge in [-0.15, -0.1) is 15.0 Å². The van der Waals surface area contributed by atoms with E-state index in [-0.39, 0.29) is 11.3 Å². The van der Waals surface area contributed by atoms with E-state index < -0.39 is 11.7 Å². The van der Waals surface area contributed by atoms with E-state index in [0.29, 0.717) is 11.2 Å². The first kappa shape index (κ1) is 19.9. The normalized spacial score (nSPS) is 11.9. The lowest BCUT2D eigenvalue weighted by molar-refractivity contribution is -0.137. The topological polar surface area (TPSA) is 63.0 Å². The van der Waals surface area contributed by atoms with Gasteiger partial charge in [0.1, 0.15) is 22.5 Å². The molecule has 0 spiro atoms. The number of nitrogens with zero attached hydrogens (tertiary/aromatic N) is 3. The van der Waals surface area contributed by atoms with Gasteiger partial charge in [0.25, 0.3) is 0 Å². The predicted octanol–water partition coefficient (Wildman–Crippen LogP) is 4.24. The van der Waals surface area contributed by atoms with Crippen LogP contribution in [0.2, 0.25) is 0 Å². The number of nitrogens with one attached hydrogen (secondary N) is 1. The highest BCUT2D eigenvalue weighted by molar-refractivity contribution is 5.75. The Kier molecular flexibility index (Phi) is 5.69. The molecular formula is C20H21F3N4O. The molecule has 0 aliphatic heterocycles. The van der Waals surface area contributed by atoms with Gasteiger partial charge in [-0.05, 0) is 62.2 Å². The molecule has 8 heteroatoms. The molecule has 0 radical (unpaired) electrons. The van der Waals surface area contributed by atoms with Gasteiger partial charge in [-0.3, -0.25) is 0 Å². The number of rotatable bonds is 7. The van der Waals surface area contributed by atoms with E-state index in [1.165, 1.54) is 10.9 Å². The van der Waals surface area contributed by atoms with Crippen molar-refractivity contribution >= 4 is 11.0 Å². The third-order valence-electron chi connectivity index (χ3n) is 4.21. The molecule has 2 N–H and O–H groups in total. The van der Waals surface area contributed by atoms with Crippen LogP contribution in [0.25, 0.3) is 16.7 Å². The smallest absolute Gasteiger partial charge is 0.416 e. The van der Waals surface area contributed by atoms with Gasteiger partial charge >= 0.3 is 6.18 Å². The molecule has 0 saturated heterocycles. The quantitative estimate of drug-likeness (QED) is 0.468. The number of hydrogen-bond acceptors (Lipinski definition) is 4. The van der Waals surface area contributed by atoms with Crippen LogP contribution in [0, 0.1) is 0 Å². The summed E-state index contributed by atoms with van der Waals surface area (Å²) in [5, 5.41) is 21.7. The molecule has 0 fully saturated rings. The number of phenolic OH excluding ortho intramolecular Hbond substituents is 1. The van der Waals surface area contributed by atoms with Crippen LogP contribution in [0.3, 0.4) is 0 Å². The maximum atomic E-state index is 12.9. The van der Waals surface area contributed by atoms with Crippen molar-refractivity contribution in [1.29, 1.82) is 0 Å². The highest BCUT2D eigenvalue weighted by Gasteiger charge is 2.31. The summed E-state index contributed by atoms with van der Waals surface area (Å²) in [6.07, 6.45) is -2.78. The summed E-state index contributed by atoms with van der Waals surface area (Å²) in [5.74, 6) is -0.0412. The first-order chi connectivity index (χ1) is 13.2. The van der Waals surface area contributed by atoms with Crippen molar-refractivity contribution in [3.63, 3.8) is 0 Å². The molecule has 148 valence electrons. The Balaban J connectivity index is 1.79. The minimum atomic E-state index is -4.45. The second-order valence-corrected chi connectivity index (χ2v) is 6.75. The minimum absolute atomic E-state index is 0.0412. The maximum absolute atomic E-state index is 12.9. The van der Waals surface area contributed by atoms with E-state index in [1.54, 1.807) is 12.1 Å². The summed E-state index contributed by atoms with van der Waals surface area (Å²) in [7, 11) is 0. The maximum Gasteiger partial charge on any atom is 0.416 e. The number of halogens is 3. The highest BCUT2D eigenvalue weighted by atomic mass is 19.4. The third kappa shape index (κ3) is 4.69. The number of fused-ring (bicyclic) bond motifs is 1. The Hall–Kier alpha value is -2.87. The van der Waals surface area contributed by atoms with Gasteiger partial charge in [0.2, 0.25) is 0 Å². The zero-order chi connectivity index (χ0) is 20.3. The Labute approximate surface area is 160 Å². The Morgan fingerprint density at radius 2 is 1.89 bits per heavy atom. The molecule has 0 amide bonds. The van der Waals surface area contributed by atoms with Crippen LogP contribution < -0.4 is 5.32 Å². The summed E-state index contributed by atoms with van der Waals surface area (Å²) < 4.78 is 38.6. The number of aromatic hydroxyl groups is 1. The second kappa shape index (κ2) is 8.02. The fourth-order valence-electron chi connectivity index (χ4n) is 2.80. The summed E-state index contributed by atoms with van der Waals surface area (Å²) in [5.41, 5.74) is 2.02. The number of alkyl halides is 3. The Morgan fingerprint density at radius 1 is 1.14 bits per heavy atom. The largest absolute Gasteiger partial charge is 0.506 e. The number of aryl methyl sites for hydroxylation is 1. The van der Waals surface area contributed by atoms with E-state index in [9.17, 15) is 18.3 Å². The van der Waals surface area contributed by atoms with Gasteiger partial charge < -0.3 is 10.4 Å². The van der Waals surface area contributed by atoms with Gasteiger partial charge in [-0.2, -0.15) is 13.2 Å². The van der Waals surface area contributed by atoms with Crippen LogP contribution in [0.15, 0.2) is 48.6 Å². The summed E-state index contributed by atoms with van der Waals surface area (Å²) in [4.78, 5) is 1.17. The molecule has 0 aliphatic carbocycles. The average Bonchev–Trinajstić information content (AvgIpc) is 3.04. The molecule has 0 aliphatic rings. The molecular weight excluding hydrogens is 369 g/mol. The molecule has 3 rings (SSSR count). The van der Waals surface area contributed by atoms with Crippen molar-refractivity contribution in [3.05, 3.63) is 59.7 Å². The van der Waals surface area contributed by atoms with Crippen molar-refractivity contribution in [3.8, 4) is 11.4 Å². The van der Waals surface area contributed by atoms with Crippen molar-refractivity contribution in [2.75, 3.05) is 13.1 Å². The zero-order valence-corrected chi connectivity index (χ0v) is 15.4. The summed E-state index contributed by atoms with van der Waals surface area (Å²) >= 11 is 0. The molecule has 1 heterocycles. The van der Waals surface area contributed by atoms with Gasteiger partial charge in [0, 0.05) is 6.54 Å². The van der Waals surface area contributed by atoms with Crippen LogP contribution in [-0.2, 0) is 12.6 Å². The van der Waals surface area contributed by atoms with Gasteiger partial charge in [0.05, 0.1) is 5.56 Å². The van der Waals surface area contributed by atoms with Crippen molar-refractivity contribution < 1.29 is 18.3 Å². The van der Waals surface area contributed by atoms with E-state index >= 15 is 0 Å². The van der Waals surface area contributed by atoms with Crippen LogP contribution in [0.4, 0.5) is 13.2 Å². The SMILES string of the molecule is C=C(C)CNCCCc1ccc(O)c(-n2nc3ccc(C(F)(F)F)cc3n2)c1. The molecule has 3 aromatic rings. The van der Waals surface area contributed by atoms with E-state index in [2.05, 4.69) is 22.1 Å². The first-order valence-corrected chi connectivity index (χ1v) is 8.86. The van der Waals surface area contributed by atoms with Crippen molar-refractivity contribution in [2.24, 2.45) is 0 Å². The standard InChI is InChI=1S/C20H21F3N4O/c1-13(2)12-24-9-3-4-14-5-8-19(28)18(10-14)27-25-16-7-6-15(20(21,22)23)11-17(16)26-27/h5-8,10-11,24,28H,1,3-4,9,12H2,2H3. The van der Waals surface area contributed by atoms with Crippen LogP contribution in [0.1, 0.15) is 24.5 Å². The predicted molar refractivity (Wildman–Crippen MR) is 102 cm³/mol. The molecule has 0 bridgehead atoms. The molecule has 28 heavy (non-hydrogen) atoms. The summed E-state index contributed by atoms with van der Waals surface area (Å²) in [6.45, 7) is 7.38. The van der Waals surface area contributed by atoms with E-state index in [4.69, 9.17) is 0 Å². The van der Waals surface area contributed by atoms with Crippen LogP contribution in [0.5, 0.6) is 5.75 Å². The first-order valence-electron chi connectivity index (χ1n) is 8.86. The third-order valence-corrected chi connectivity index (χ3v) is 4.21. The van der Waals surface area contributed by atoms with E-state index in [1.807, 2.05) is 13.0 Å². The highest BCUT2D eigenvalue weighted by Crippen LogP contribution is 2.31. The Morgan fingerprint density at radius 3 is 2.61 bits per heavy atom. The second-order valence-electron chi connectivity index (χ2n) is 6.75.